The minimum absolute atomic E-state index is 0.0145. The van der Waals surface area contributed by atoms with E-state index >= 15 is 0 Å². The second kappa shape index (κ2) is 7.35. The summed E-state index contributed by atoms with van der Waals surface area (Å²) in [7, 11) is 0. The molecule has 2 N–H and O–H groups in total. The largest absolute Gasteiger partial charge is 0.462 e. The summed E-state index contributed by atoms with van der Waals surface area (Å²) >= 11 is 0. The fourth-order valence-corrected chi connectivity index (χ4v) is 2.84. The predicted molar refractivity (Wildman–Crippen MR) is 101 cm³/mol. The molecule has 0 spiro atoms. The number of nitrogens with one attached hydrogen (secondary N) is 2. The smallest absolute Gasteiger partial charge is 0.338 e. The van der Waals surface area contributed by atoms with Gasteiger partial charge in [0.15, 0.2) is 11.5 Å². The van der Waals surface area contributed by atoms with Gasteiger partial charge in [0.2, 0.25) is 5.52 Å². The molecule has 0 atom stereocenters. The first-order valence-corrected chi connectivity index (χ1v) is 8.49. The highest BCUT2D eigenvalue weighted by Crippen LogP contribution is 2.26. The van der Waals surface area contributed by atoms with Crippen LogP contribution in [0.3, 0.4) is 0 Å². The zero-order valence-electron chi connectivity index (χ0n) is 15.1. The van der Waals surface area contributed by atoms with Crippen LogP contribution in [0, 0.1) is 6.92 Å². The molecular formula is C21H21N2O3+. The number of pyridine rings is 1. The van der Waals surface area contributed by atoms with Crippen LogP contribution in [0.15, 0.2) is 48.5 Å². The van der Waals surface area contributed by atoms with Gasteiger partial charge in [0.05, 0.1) is 23.2 Å². The Hall–Kier alpha value is -3.21. The number of hydrogen-bond acceptors (Lipinski definition) is 4. The van der Waals surface area contributed by atoms with Crippen LogP contribution in [0.2, 0.25) is 0 Å². The van der Waals surface area contributed by atoms with E-state index in [-0.39, 0.29) is 11.8 Å². The number of ether oxygens (including phenoxy) is 1. The van der Waals surface area contributed by atoms with Gasteiger partial charge in [-0.25, -0.2) is 9.78 Å². The first-order valence-electron chi connectivity index (χ1n) is 8.49. The molecule has 1 aromatic heterocycles. The van der Waals surface area contributed by atoms with Crippen molar-refractivity contribution in [3.05, 3.63) is 65.4 Å². The highest BCUT2D eigenvalue weighted by Gasteiger charge is 2.14. The van der Waals surface area contributed by atoms with E-state index in [1.54, 1.807) is 32.0 Å². The Kier molecular flexibility index (Phi) is 4.98. The Balaban J connectivity index is 2.06. The minimum Gasteiger partial charge on any atom is -0.462 e. The lowest BCUT2D eigenvalue weighted by atomic mass is 10.1. The fourth-order valence-electron chi connectivity index (χ4n) is 2.84. The molecule has 132 valence electrons. The molecule has 0 amide bonds. The summed E-state index contributed by atoms with van der Waals surface area (Å²) in [5, 5.41) is 4.23. The summed E-state index contributed by atoms with van der Waals surface area (Å²) in [5.74, 6) is -0.333. The summed E-state index contributed by atoms with van der Waals surface area (Å²) in [6.45, 7) is 5.63. The Morgan fingerprint density at radius 3 is 2.62 bits per heavy atom. The van der Waals surface area contributed by atoms with E-state index < -0.39 is 0 Å². The van der Waals surface area contributed by atoms with Crippen molar-refractivity contribution < 1.29 is 19.3 Å². The molecule has 26 heavy (non-hydrogen) atoms. The first-order chi connectivity index (χ1) is 12.5. The number of aromatic nitrogens is 1. The van der Waals surface area contributed by atoms with Gasteiger partial charge in [-0.15, -0.1) is 0 Å². The van der Waals surface area contributed by atoms with Crippen LogP contribution in [-0.4, -0.2) is 18.4 Å². The number of aryl methyl sites for hydroxylation is 1. The Bertz CT molecular complexity index is 996. The molecule has 2 aromatic carbocycles. The quantitative estimate of drug-likeness (QED) is 0.556. The van der Waals surface area contributed by atoms with Crippen LogP contribution >= 0.6 is 0 Å². The lowest BCUT2D eigenvalue weighted by Gasteiger charge is -2.10. The highest BCUT2D eigenvalue weighted by molar-refractivity contribution is 5.99. The van der Waals surface area contributed by atoms with Crippen molar-refractivity contribution in [2.24, 2.45) is 0 Å². The van der Waals surface area contributed by atoms with Crippen LogP contribution in [0.25, 0.3) is 10.9 Å². The number of anilines is 2. The van der Waals surface area contributed by atoms with Gasteiger partial charge in [-0.05, 0) is 38.1 Å². The van der Waals surface area contributed by atoms with E-state index in [9.17, 15) is 9.59 Å². The Labute approximate surface area is 152 Å². The summed E-state index contributed by atoms with van der Waals surface area (Å²) in [5.41, 5.74) is 4.69. The van der Waals surface area contributed by atoms with Crippen molar-refractivity contribution in [1.29, 1.82) is 0 Å². The van der Waals surface area contributed by atoms with Crippen molar-refractivity contribution in [2.45, 2.75) is 20.8 Å². The maximum atomic E-state index is 12.1. The molecular weight excluding hydrogens is 328 g/mol. The van der Waals surface area contributed by atoms with Gasteiger partial charge < -0.3 is 10.1 Å². The number of esters is 1. The molecule has 0 aliphatic heterocycles. The van der Waals surface area contributed by atoms with Gasteiger partial charge in [0.1, 0.15) is 0 Å². The number of Topliss-reactive ketones (excluding diaryl/α,β-unsaturated/α-hetero) is 1. The van der Waals surface area contributed by atoms with Crippen LogP contribution in [0.5, 0.6) is 0 Å². The maximum Gasteiger partial charge on any atom is 0.338 e. The Morgan fingerprint density at radius 1 is 1.08 bits per heavy atom. The molecule has 0 unspecified atom stereocenters. The minimum atomic E-state index is -0.348. The molecule has 5 heteroatoms. The van der Waals surface area contributed by atoms with Crippen molar-refractivity contribution in [3.8, 4) is 0 Å². The third-order valence-electron chi connectivity index (χ3n) is 4.06. The van der Waals surface area contributed by atoms with Crippen LogP contribution in [0.1, 0.15) is 40.3 Å². The molecule has 3 rings (SSSR count). The standard InChI is InChI=1S/C21H20N2O3/c1-4-26-21(25)16-8-9-19-18(12-16)20(10-13(2)22-19)23-17-7-5-6-15(11-17)14(3)24/h5-12H,4H2,1-3H3,(H,22,23)/p+1. The number of ketones is 1. The van der Waals surface area contributed by atoms with Crippen LogP contribution in [0.4, 0.5) is 11.4 Å². The van der Waals surface area contributed by atoms with Gasteiger partial charge in [0, 0.05) is 30.3 Å². The molecule has 0 aliphatic carbocycles. The third kappa shape index (κ3) is 3.72. The zero-order chi connectivity index (χ0) is 18.7. The number of rotatable bonds is 5. The molecule has 3 aromatic rings. The number of hydrogen-bond donors (Lipinski definition) is 1. The number of carbonyl (C=O) groups excluding carboxylic acids is 2. The van der Waals surface area contributed by atoms with Gasteiger partial charge >= 0.3 is 5.97 Å². The zero-order valence-corrected chi connectivity index (χ0v) is 15.1. The molecule has 0 saturated heterocycles. The lowest BCUT2D eigenvalue weighted by Crippen LogP contribution is -2.11. The maximum absolute atomic E-state index is 12.1. The van der Waals surface area contributed by atoms with Crippen molar-refractivity contribution in [3.63, 3.8) is 0 Å². The summed E-state index contributed by atoms with van der Waals surface area (Å²) in [4.78, 5) is 27.0. The molecule has 0 aliphatic rings. The molecule has 1 heterocycles. The molecule has 0 radical (unpaired) electrons. The van der Waals surface area contributed by atoms with E-state index in [0.717, 1.165) is 28.0 Å². The fraction of sp³-hybridized carbons (Fsp3) is 0.190. The van der Waals surface area contributed by atoms with Gasteiger partial charge in [-0.2, -0.15) is 0 Å². The SMILES string of the molecule is CCOC(=O)c1ccc2[nH+]c(C)cc(Nc3cccc(C(C)=O)c3)c2c1. The van der Waals surface area contributed by atoms with Crippen molar-refractivity contribution in [2.75, 3.05) is 11.9 Å². The van der Waals surface area contributed by atoms with E-state index in [4.69, 9.17) is 4.74 Å². The normalized spacial score (nSPS) is 10.6. The van der Waals surface area contributed by atoms with Gasteiger partial charge in [0.25, 0.3) is 0 Å². The number of carbonyl (C=O) groups is 2. The lowest BCUT2D eigenvalue weighted by molar-refractivity contribution is -0.354. The molecule has 0 fully saturated rings. The van der Waals surface area contributed by atoms with E-state index in [1.165, 1.54) is 0 Å². The molecule has 5 nitrogen and oxygen atoms in total. The Morgan fingerprint density at radius 2 is 1.88 bits per heavy atom. The number of benzene rings is 2. The summed E-state index contributed by atoms with van der Waals surface area (Å²) in [6.07, 6.45) is 0. The topological polar surface area (TPSA) is 69.5 Å². The van der Waals surface area contributed by atoms with Crippen molar-refractivity contribution in [1.82, 2.24) is 0 Å². The van der Waals surface area contributed by atoms with Gasteiger partial charge in [-0.1, -0.05) is 12.1 Å². The predicted octanol–water partition coefficient (Wildman–Crippen LogP) is 4.09. The van der Waals surface area contributed by atoms with E-state index in [1.807, 2.05) is 37.3 Å². The second-order valence-electron chi connectivity index (χ2n) is 6.11. The summed E-state index contributed by atoms with van der Waals surface area (Å²) in [6, 6.07) is 14.7. The van der Waals surface area contributed by atoms with E-state index in [0.29, 0.717) is 17.7 Å². The molecule has 0 saturated carbocycles. The monoisotopic (exact) mass is 349 g/mol. The van der Waals surface area contributed by atoms with Crippen LogP contribution < -0.4 is 10.3 Å². The van der Waals surface area contributed by atoms with Crippen molar-refractivity contribution >= 4 is 34.0 Å². The number of aromatic amines is 1. The van der Waals surface area contributed by atoms with Gasteiger partial charge in [-0.3, -0.25) is 4.79 Å². The third-order valence-corrected chi connectivity index (χ3v) is 4.06. The van der Waals surface area contributed by atoms with E-state index in [2.05, 4.69) is 10.3 Å². The molecule has 0 bridgehead atoms. The average Bonchev–Trinajstić information content (AvgIpc) is 2.61. The number of H-pyrrole nitrogens is 1. The van der Waals surface area contributed by atoms with Crippen LogP contribution in [-0.2, 0) is 4.74 Å². The highest BCUT2D eigenvalue weighted by atomic mass is 16.5. The first kappa shape index (κ1) is 17.6. The second-order valence-corrected chi connectivity index (χ2v) is 6.11. The number of fused-ring (bicyclic) bond motifs is 1. The average molecular weight is 349 g/mol. The summed E-state index contributed by atoms with van der Waals surface area (Å²) < 4.78 is 5.09.